The number of nitrogens with one attached hydrogen (secondary N) is 1. The first-order valence-corrected chi connectivity index (χ1v) is 6.89. The molecule has 0 saturated heterocycles. The summed E-state index contributed by atoms with van der Waals surface area (Å²) in [6.45, 7) is 1.26. The van der Waals surface area contributed by atoms with Crippen molar-refractivity contribution in [3.8, 4) is 0 Å². The molecule has 1 amide bonds. The molecule has 0 aliphatic heterocycles. The Morgan fingerprint density at radius 1 is 1.44 bits per heavy atom. The van der Waals surface area contributed by atoms with Crippen molar-refractivity contribution in [1.29, 1.82) is 0 Å². The van der Waals surface area contributed by atoms with E-state index in [1.54, 1.807) is 18.9 Å². The molecule has 2 atom stereocenters. The number of benzene rings is 1. The zero-order valence-corrected chi connectivity index (χ0v) is 11.7. The average molecular weight is 269 g/mol. The van der Waals surface area contributed by atoms with Crippen LogP contribution in [-0.4, -0.2) is 37.0 Å². The lowest BCUT2D eigenvalue weighted by molar-refractivity contribution is -0.121. The quantitative estimate of drug-likeness (QED) is 0.770. The van der Waals surface area contributed by atoms with Crippen molar-refractivity contribution in [2.75, 3.05) is 20.0 Å². The van der Waals surface area contributed by atoms with Gasteiger partial charge in [-0.3, -0.25) is 4.79 Å². The highest BCUT2D eigenvalue weighted by Gasteiger charge is 2.23. The predicted molar refractivity (Wildman–Crippen MR) is 72.7 cm³/mol. The van der Waals surface area contributed by atoms with Crippen LogP contribution in [0.2, 0.25) is 0 Å². The summed E-state index contributed by atoms with van der Waals surface area (Å²) in [6.07, 6.45) is 1.66. The molecule has 0 radical (unpaired) electrons. The predicted octanol–water partition coefficient (Wildman–Crippen LogP) is 1.59. The minimum atomic E-state index is -0.437. The SMILES string of the molecule is CO[C@@H](c1ccc(SC)cc1)[C@H](CO)NC(C)=O. The standard InChI is InChI=1S/C13H19NO3S/c1-9(16)14-12(8-15)13(17-2)10-4-6-11(18-3)7-5-10/h4-7,12-13,15H,8H2,1-3H3,(H,14,16)/t12-,13-/m0/s1. The molecular weight excluding hydrogens is 250 g/mol. The first-order chi connectivity index (χ1) is 8.62. The third-order valence-corrected chi connectivity index (χ3v) is 3.39. The van der Waals surface area contributed by atoms with Crippen molar-refractivity contribution < 1.29 is 14.6 Å². The van der Waals surface area contributed by atoms with Gasteiger partial charge in [-0.05, 0) is 24.0 Å². The summed E-state index contributed by atoms with van der Waals surface area (Å²) >= 11 is 1.66. The highest BCUT2D eigenvalue weighted by Crippen LogP contribution is 2.23. The first kappa shape index (κ1) is 15.0. The van der Waals surface area contributed by atoms with Gasteiger partial charge in [0.2, 0.25) is 5.91 Å². The van der Waals surface area contributed by atoms with Crippen LogP contribution in [0.1, 0.15) is 18.6 Å². The molecule has 0 aromatic heterocycles. The lowest BCUT2D eigenvalue weighted by Crippen LogP contribution is -2.41. The smallest absolute Gasteiger partial charge is 0.217 e. The number of carbonyl (C=O) groups excluding carboxylic acids is 1. The van der Waals surface area contributed by atoms with Crippen molar-refractivity contribution in [1.82, 2.24) is 5.32 Å². The van der Waals surface area contributed by atoms with Gasteiger partial charge in [0.15, 0.2) is 0 Å². The lowest BCUT2D eigenvalue weighted by atomic mass is 10.0. The fraction of sp³-hybridized carbons (Fsp3) is 0.462. The maximum atomic E-state index is 11.1. The largest absolute Gasteiger partial charge is 0.394 e. The summed E-state index contributed by atoms with van der Waals surface area (Å²) in [4.78, 5) is 12.2. The van der Waals surface area contributed by atoms with E-state index in [0.717, 1.165) is 10.5 Å². The monoisotopic (exact) mass is 269 g/mol. The van der Waals surface area contributed by atoms with Crippen LogP contribution in [0, 0.1) is 0 Å². The molecule has 0 heterocycles. The second kappa shape index (κ2) is 7.41. The van der Waals surface area contributed by atoms with Gasteiger partial charge in [-0.1, -0.05) is 12.1 Å². The molecule has 0 fully saturated rings. The summed E-state index contributed by atoms with van der Waals surface area (Å²) in [6, 6.07) is 7.45. The molecule has 4 nitrogen and oxygen atoms in total. The molecule has 0 spiro atoms. The number of rotatable bonds is 6. The Kier molecular flexibility index (Phi) is 6.18. The molecule has 1 rings (SSSR count). The van der Waals surface area contributed by atoms with Crippen molar-refractivity contribution in [3.63, 3.8) is 0 Å². The van der Waals surface area contributed by atoms with Crippen LogP contribution in [0.4, 0.5) is 0 Å². The van der Waals surface area contributed by atoms with Gasteiger partial charge >= 0.3 is 0 Å². The minimum Gasteiger partial charge on any atom is -0.394 e. The Bertz CT molecular complexity index is 380. The number of hydrogen-bond donors (Lipinski definition) is 2. The Morgan fingerprint density at radius 3 is 2.44 bits per heavy atom. The number of ether oxygens (including phenoxy) is 1. The Balaban J connectivity index is 2.88. The van der Waals surface area contributed by atoms with E-state index >= 15 is 0 Å². The number of amides is 1. The Hall–Kier alpha value is -1.04. The number of hydrogen-bond acceptors (Lipinski definition) is 4. The van der Waals surface area contributed by atoms with Crippen molar-refractivity contribution >= 4 is 17.7 Å². The molecule has 2 N–H and O–H groups in total. The van der Waals surface area contributed by atoms with Crippen LogP contribution in [0.25, 0.3) is 0 Å². The van der Waals surface area contributed by atoms with Gasteiger partial charge in [0, 0.05) is 18.9 Å². The van der Waals surface area contributed by atoms with Crippen molar-refractivity contribution in [2.24, 2.45) is 0 Å². The summed E-state index contributed by atoms with van der Waals surface area (Å²) in [5.41, 5.74) is 0.933. The third-order valence-electron chi connectivity index (χ3n) is 2.65. The van der Waals surface area contributed by atoms with Crippen molar-refractivity contribution in [3.05, 3.63) is 29.8 Å². The number of thioether (sulfide) groups is 1. The van der Waals surface area contributed by atoms with E-state index in [1.807, 2.05) is 30.5 Å². The molecule has 0 unspecified atom stereocenters. The molecule has 0 aliphatic rings. The minimum absolute atomic E-state index is 0.164. The van der Waals surface area contributed by atoms with Gasteiger partial charge < -0.3 is 15.2 Å². The summed E-state index contributed by atoms with van der Waals surface area (Å²) < 4.78 is 5.38. The maximum Gasteiger partial charge on any atom is 0.217 e. The van der Waals surface area contributed by atoms with Gasteiger partial charge in [0.1, 0.15) is 6.10 Å². The lowest BCUT2D eigenvalue weighted by Gasteiger charge is -2.25. The van der Waals surface area contributed by atoms with Crippen LogP contribution in [0.15, 0.2) is 29.2 Å². The van der Waals surface area contributed by atoms with Gasteiger partial charge in [0.05, 0.1) is 12.6 Å². The Labute approximate surface area is 112 Å². The number of carbonyl (C=O) groups is 1. The highest BCUT2D eigenvalue weighted by atomic mass is 32.2. The van der Waals surface area contributed by atoms with E-state index in [2.05, 4.69) is 5.32 Å². The van der Waals surface area contributed by atoms with E-state index in [0.29, 0.717) is 0 Å². The van der Waals surface area contributed by atoms with E-state index < -0.39 is 6.04 Å². The van der Waals surface area contributed by atoms with E-state index in [1.165, 1.54) is 6.92 Å². The van der Waals surface area contributed by atoms with Crippen LogP contribution < -0.4 is 5.32 Å². The van der Waals surface area contributed by atoms with Crippen LogP contribution in [-0.2, 0) is 9.53 Å². The molecule has 18 heavy (non-hydrogen) atoms. The fourth-order valence-electron chi connectivity index (χ4n) is 1.80. The normalized spacial score (nSPS) is 14.0. The van der Waals surface area contributed by atoms with Crippen LogP contribution in [0.5, 0.6) is 0 Å². The van der Waals surface area contributed by atoms with Crippen LogP contribution in [0.3, 0.4) is 0 Å². The van der Waals surface area contributed by atoms with Gasteiger partial charge in [-0.25, -0.2) is 0 Å². The molecule has 100 valence electrons. The van der Waals surface area contributed by atoms with Gasteiger partial charge in [-0.2, -0.15) is 0 Å². The molecule has 0 aliphatic carbocycles. The van der Waals surface area contributed by atoms with E-state index in [4.69, 9.17) is 4.74 Å². The molecule has 1 aromatic carbocycles. The third kappa shape index (κ3) is 4.01. The topological polar surface area (TPSA) is 58.6 Å². The van der Waals surface area contributed by atoms with Crippen LogP contribution >= 0.6 is 11.8 Å². The second-order valence-electron chi connectivity index (χ2n) is 3.92. The highest BCUT2D eigenvalue weighted by molar-refractivity contribution is 7.98. The first-order valence-electron chi connectivity index (χ1n) is 5.67. The zero-order valence-electron chi connectivity index (χ0n) is 10.8. The second-order valence-corrected chi connectivity index (χ2v) is 4.80. The van der Waals surface area contributed by atoms with E-state index in [9.17, 15) is 9.90 Å². The summed E-state index contributed by atoms with van der Waals surface area (Å²) in [5.74, 6) is -0.183. The van der Waals surface area contributed by atoms with Crippen molar-refractivity contribution in [2.45, 2.75) is 24.0 Å². The zero-order chi connectivity index (χ0) is 13.5. The molecular formula is C13H19NO3S. The van der Waals surface area contributed by atoms with E-state index in [-0.39, 0.29) is 18.6 Å². The fourth-order valence-corrected chi connectivity index (χ4v) is 2.21. The average Bonchev–Trinajstić information content (AvgIpc) is 2.38. The Morgan fingerprint density at radius 2 is 2.06 bits per heavy atom. The summed E-state index contributed by atoms with van der Waals surface area (Å²) in [7, 11) is 1.57. The molecule has 1 aromatic rings. The molecule has 0 saturated carbocycles. The molecule has 5 heteroatoms. The number of aliphatic hydroxyl groups is 1. The summed E-state index contributed by atoms with van der Waals surface area (Å²) in [5, 5.41) is 12.0. The van der Waals surface area contributed by atoms with Gasteiger partial charge in [0.25, 0.3) is 0 Å². The molecule has 0 bridgehead atoms. The van der Waals surface area contributed by atoms with Gasteiger partial charge in [-0.15, -0.1) is 11.8 Å². The maximum absolute atomic E-state index is 11.1. The number of methoxy groups -OCH3 is 1. The number of aliphatic hydroxyl groups excluding tert-OH is 1.